The molecule has 0 N–H and O–H groups in total. The minimum Gasteiger partial charge on any atom is -0.468 e. The number of rotatable bonds is 1. The van der Waals surface area contributed by atoms with Gasteiger partial charge in [0.15, 0.2) is 5.78 Å². The fraction of sp³-hybridized carbons (Fsp3) is 0.562. The number of allylic oxidation sites excluding steroid dienone is 1. The minimum atomic E-state index is 0.0837. The molecule has 2 rings (SSSR count). The SMILES string of the molecule is CO[C@@H]1C=C(C)Cc2occ(C)c2C(=O)C[C@H](C)C1. The van der Waals surface area contributed by atoms with Crippen LogP contribution in [-0.4, -0.2) is 19.0 Å². The Labute approximate surface area is 114 Å². The Morgan fingerprint density at radius 3 is 2.79 bits per heavy atom. The van der Waals surface area contributed by atoms with Crippen LogP contribution in [0.1, 0.15) is 48.4 Å². The summed E-state index contributed by atoms with van der Waals surface area (Å²) < 4.78 is 11.0. The summed E-state index contributed by atoms with van der Waals surface area (Å²) in [5.74, 6) is 1.29. The average molecular weight is 262 g/mol. The standard InChI is InChI=1S/C16H22O3/c1-10-5-13(18-4)6-11(2)8-15-16(14(17)7-10)12(3)9-19-15/h6,9-10,13H,5,7-8H2,1-4H3/t10-,13+/m1/s1. The lowest BCUT2D eigenvalue weighted by molar-refractivity contribution is 0.0913. The molecule has 0 fully saturated rings. The van der Waals surface area contributed by atoms with E-state index in [2.05, 4.69) is 19.9 Å². The highest BCUT2D eigenvalue weighted by molar-refractivity contribution is 5.98. The van der Waals surface area contributed by atoms with Crippen molar-refractivity contribution in [1.29, 1.82) is 0 Å². The van der Waals surface area contributed by atoms with Crippen LogP contribution in [0, 0.1) is 12.8 Å². The summed E-state index contributed by atoms with van der Waals surface area (Å²) in [6.07, 6.45) is 6.04. The van der Waals surface area contributed by atoms with Gasteiger partial charge in [-0.05, 0) is 31.7 Å². The Balaban J connectivity index is 2.40. The minimum absolute atomic E-state index is 0.0837. The molecule has 0 saturated heterocycles. The topological polar surface area (TPSA) is 39.4 Å². The van der Waals surface area contributed by atoms with Crippen LogP contribution in [0.4, 0.5) is 0 Å². The number of fused-ring (bicyclic) bond motifs is 1. The fourth-order valence-corrected chi connectivity index (χ4v) is 2.76. The lowest BCUT2D eigenvalue weighted by atomic mass is 9.90. The number of hydrogen-bond donors (Lipinski definition) is 0. The smallest absolute Gasteiger partial charge is 0.166 e. The normalized spacial score (nSPS) is 24.8. The molecular formula is C16H22O3. The number of ether oxygens (including phenoxy) is 1. The molecule has 0 bridgehead atoms. The molecule has 0 amide bonds. The maximum absolute atomic E-state index is 12.4. The van der Waals surface area contributed by atoms with E-state index in [0.29, 0.717) is 18.8 Å². The molecule has 1 aromatic rings. The van der Waals surface area contributed by atoms with Crippen LogP contribution in [0.2, 0.25) is 0 Å². The van der Waals surface area contributed by atoms with Gasteiger partial charge in [-0.15, -0.1) is 0 Å². The first-order chi connectivity index (χ1) is 9.01. The van der Waals surface area contributed by atoms with Crippen LogP contribution in [0.3, 0.4) is 0 Å². The third-order valence-electron chi connectivity index (χ3n) is 3.71. The molecule has 0 aliphatic heterocycles. The number of aryl methyl sites for hydroxylation is 1. The molecule has 104 valence electrons. The molecule has 1 aromatic heterocycles. The molecule has 1 aliphatic rings. The van der Waals surface area contributed by atoms with Crippen LogP contribution >= 0.6 is 0 Å². The van der Waals surface area contributed by atoms with Gasteiger partial charge in [-0.2, -0.15) is 0 Å². The van der Waals surface area contributed by atoms with Crippen molar-refractivity contribution in [2.75, 3.05) is 7.11 Å². The van der Waals surface area contributed by atoms with Gasteiger partial charge in [0.2, 0.25) is 0 Å². The largest absolute Gasteiger partial charge is 0.468 e. The van der Waals surface area contributed by atoms with Crippen LogP contribution in [0.15, 0.2) is 22.3 Å². The Bertz CT molecular complexity index is 496. The number of furan rings is 1. The van der Waals surface area contributed by atoms with Crippen molar-refractivity contribution in [1.82, 2.24) is 0 Å². The Hall–Kier alpha value is -1.35. The van der Waals surface area contributed by atoms with Gasteiger partial charge in [0, 0.05) is 20.0 Å². The molecule has 0 saturated carbocycles. The number of hydrogen-bond acceptors (Lipinski definition) is 3. The number of carbonyl (C=O) groups is 1. The predicted molar refractivity (Wildman–Crippen MR) is 74.4 cm³/mol. The zero-order valence-corrected chi connectivity index (χ0v) is 12.2. The van der Waals surface area contributed by atoms with Crippen LogP contribution in [-0.2, 0) is 11.2 Å². The predicted octanol–water partition coefficient (Wildman–Crippen LogP) is 3.70. The van der Waals surface area contributed by atoms with Gasteiger partial charge in [0.25, 0.3) is 0 Å². The molecule has 0 aromatic carbocycles. The Morgan fingerprint density at radius 2 is 2.11 bits per heavy atom. The second kappa shape index (κ2) is 5.74. The molecule has 1 heterocycles. The van der Waals surface area contributed by atoms with Crippen LogP contribution in [0.25, 0.3) is 0 Å². The van der Waals surface area contributed by atoms with E-state index in [9.17, 15) is 4.79 Å². The van der Waals surface area contributed by atoms with Crippen molar-refractivity contribution in [2.24, 2.45) is 5.92 Å². The third kappa shape index (κ3) is 3.16. The van der Waals surface area contributed by atoms with Gasteiger partial charge in [-0.25, -0.2) is 0 Å². The van der Waals surface area contributed by atoms with E-state index in [4.69, 9.17) is 9.15 Å². The van der Waals surface area contributed by atoms with Gasteiger partial charge in [-0.1, -0.05) is 18.6 Å². The monoisotopic (exact) mass is 262 g/mol. The maximum atomic E-state index is 12.4. The van der Waals surface area contributed by atoms with Gasteiger partial charge in [-0.3, -0.25) is 4.79 Å². The van der Waals surface area contributed by atoms with E-state index in [1.807, 2.05) is 6.92 Å². The van der Waals surface area contributed by atoms with Crippen LogP contribution < -0.4 is 0 Å². The Morgan fingerprint density at radius 1 is 1.37 bits per heavy atom. The second-order valence-electron chi connectivity index (χ2n) is 5.65. The molecule has 0 unspecified atom stereocenters. The molecule has 19 heavy (non-hydrogen) atoms. The summed E-state index contributed by atoms with van der Waals surface area (Å²) in [6, 6.07) is 0. The number of methoxy groups -OCH3 is 1. The zero-order chi connectivity index (χ0) is 14.0. The first kappa shape index (κ1) is 14.1. The molecule has 2 atom stereocenters. The van der Waals surface area contributed by atoms with E-state index in [-0.39, 0.29) is 11.9 Å². The van der Waals surface area contributed by atoms with E-state index >= 15 is 0 Å². The summed E-state index contributed by atoms with van der Waals surface area (Å²) in [4.78, 5) is 12.4. The van der Waals surface area contributed by atoms with Crippen molar-refractivity contribution < 1.29 is 13.9 Å². The summed E-state index contributed by atoms with van der Waals surface area (Å²) in [7, 11) is 1.72. The van der Waals surface area contributed by atoms with Crippen molar-refractivity contribution in [3.8, 4) is 0 Å². The highest BCUT2D eigenvalue weighted by Crippen LogP contribution is 2.26. The molecule has 3 heteroatoms. The summed E-state index contributed by atoms with van der Waals surface area (Å²) in [6.45, 7) is 6.10. The van der Waals surface area contributed by atoms with Crippen LogP contribution in [0.5, 0.6) is 0 Å². The third-order valence-corrected chi connectivity index (χ3v) is 3.71. The van der Waals surface area contributed by atoms with E-state index in [0.717, 1.165) is 23.3 Å². The molecule has 3 nitrogen and oxygen atoms in total. The summed E-state index contributed by atoms with van der Waals surface area (Å²) in [5.41, 5.74) is 2.92. The summed E-state index contributed by atoms with van der Waals surface area (Å²) >= 11 is 0. The summed E-state index contributed by atoms with van der Waals surface area (Å²) in [5, 5.41) is 0. The molecule has 0 spiro atoms. The number of carbonyl (C=O) groups excluding carboxylic acids is 1. The lowest BCUT2D eigenvalue weighted by Gasteiger charge is -2.19. The highest BCUT2D eigenvalue weighted by atomic mass is 16.5. The van der Waals surface area contributed by atoms with Crippen molar-refractivity contribution in [3.63, 3.8) is 0 Å². The highest BCUT2D eigenvalue weighted by Gasteiger charge is 2.23. The lowest BCUT2D eigenvalue weighted by Crippen LogP contribution is -2.18. The van der Waals surface area contributed by atoms with Gasteiger partial charge in [0.1, 0.15) is 5.76 Å². The van der Waals surface area contributed by atoms with Crippen molar-refractivity contribution in [2.45, 2.75) is 46.1 Å². The average Bonchev–Trinajstić information content (AvgIpc) is 2.68. The maximum Gasteiger partial charge on any atom is 0.166 e. The second-order valence-corrected chi connectivity index (χ2v) is 5.65. The number of ketones is 1. The first-order valence-corrected chi connectivity index (χ1v) is 6.81. The molecule has 1 aliphatic carbocycles. The van der Waals surface area contributed by atoms with Gasteiger partial charge < -0.3 is 9.15 Å². The van der Waals surface area contributed by atoms with E-state index < -0.39 is 0 Å². The van der Waals surface area contributed by atoms with Crippen molar-refractivity contribution >= 4 is 5.78 Å². The van der Waals surface area contributed by atoms with E-state index in [1.165, 1.54) is 5.57 Å². The number of Topliss-reactive ketones (excluding diaryl/α,β-unsaturated/α-hetero) is 1. The molecule has 0 radical (unpaired) electrons. The fourth-order valence-electron chi connectivity index (χ4n) is 2.76. The van der Waals surface area contributed by atoms with Gasteiger partial charge in [0.05, 0.1) is 17.9 Å². The first-order valence-electron chi connectivity index (χ1n) is 6.81. The van der Waals surface area contributed by atoms with Crippen molar-refractivity contribution in [3.05, 3.63) is 34.8 Å². The molecular weight excluding hydrogens is 240 g/mol. The quantitative estimate of drug-likeness (QED) is 0.724. The Kier molecular flexibility index (Phi) is 4.25. The van der Waals surface area contributed by atoms with Gasteiger partial charge >= 0.3 is 0 Å². The van der Waals surface area contributed by atoms with E-state index in [1.54, 1.807) is 13.4 Å². The zero-order valence-electron chi connectivity index (χ0n) is 12.2.